The van der Waals surface area contributed by atoms with Crippen LogP contribution in [-0.2, 0) is 0 Å². The van der Waals surface area contributed by atoms with Gasteiger partial charge in [0.05, 0.1) is 16.7 Å². The smallest absolute Gasteiger partial charge is 0.136 e. The lowest BCUT2D eigenvalue weighted by Crippen LogP contribution is -2.10. The third-order valence-electron chi connectivity index (χ3n) is 12.2. The maximum Gasteiger partial charge on any atom is 0.136 e. The van der Waals surface area contributed by atoms with E-state index in [0.717, 1.165) is 66.6 Å². The van der Waals surface area contributed by atoms with E-state index in [1.54, 1.807) is 0 Å². The molecule has 61 heavy (non-hydrogen) atoms. The number of nitrogens with zero attached hydrogens (tertiary/aromatic N) is 2. The molecule has 3 nitrogen and oxygen atoms in total. The monoisotopic (exact) mass is 778 g/mol. The van der Waals surface area contributed by atoms with Crippen molar-refractivity contribution < 1.29 is 4.42 Å². The largest absolute Gasteiger partial charge is 0.456 e. The highest BCUT2D eigenvalue weighted by Crippen LogP contribution is 2.44. The van der Waals surface area contributed by atoms with Crippen molar-refractivity contribution in [1.29, 1.82) is 0 Å². The molecule has 3 heteroatoms. The quantitative estimate of drug-likeness (QED) is 0.161. The Labute approximate surface area is 353 Å². The van der Waals surface area contributed by atoms with Gasteiger partial charge in [-0.2, -0.15) is 0 Å². The highest BCUT2D eigenvalue weighted by Gasteiger charge is 2.20. The van der Waals surface area contributed by atoms with E-state index in [1.165, 1.54) is 44.1 Å². The summed E-state index contributed by atoms with van der Waals surface area (Å²) in [6, 6.07) is 82.7. The molecule has 286 valence electrons. The number of hydrogen-bond donors (Lipinski definition) is 0. The predicted molar refractivity (Wildman–Crippen MR) is 257 cm³/mol. The Morgan fingerprint density at radius 3 is 1.49 bits per heavy atom. The van der Waals surface area contributed by atoms with Gasteiger partial charge in [-0.05, 0) is 118 Å². The van der Waals surface area contributed by atoms with E-state index >= 15 is 0 Å². The van der Waals surface area contributed by atoms with Crippen molar-refractivity contribution in [3.8, 4) is 39.1 Å². The minimum atomic E-state index is 0.874. The molecule has 0 atom stereocenters. The van der Waals surface area contributed by atoms with Crippen LogP contribution in [0.5, 0.6) is 0 Å². The average molecular weight is 779 g/mol. The second-order valence-electron chi connectivity index (χ2n) is 15.7. The van der Waals surface area contributed by atoms with Crippen LogP contribution >= 0.6 is 0 Å². The van der Waals surface area contributed by atoms with Gasteiger partial charge < -0.3 is 13.9 Å². The number of aromatic nitrogens is 1. The molecule has 0 aliphatic heterocycles. The number of para-hydroxylation sites is 2. The zero-order valence-corrected chi connectivity index (χ0v) is 33.2. The SMILES string of the molecule is c1ccc(-c2ccc(N(c3ccc(-c4ccccc4)cc3)c3cccc4c3ccc3oc5cc(-c6ccc7c8ccccc8n(-c8ccccc8)c7c6)ccc5c34)cc2)cc1. The first-order valence-electron chi connectivity index (χ1n) is 20.8. The molecule has 0 bridgehead atoms. The summed E-state index contributed by atoms with van der Waals surface area (Å²) in [5.74, 6) is 0. The van der Waals surface area contributed by atoms with Crippen molar-refractivity contribution in [3.63, 3.8) is 0 Å². The Kier molecular flexibility index (Phi) is 8.17. The highest BCUT2D eigenvalue weighted by molar-refractivity contribution is 6.21. The molecular weight excluding hydrogens is 741 g/mol. The molecule has 0 saturated carbocycles. The zero-order chi connectivity index (χ0) is 40.3. The number of benzene rings is 10. The molecule has 2 aromatic heterocycles. The minimum absolute atomic E-state index is 0.874. The summed E-state index contributed by atoms with van der Waals surface area (Å²) in [5.41, 5.74) is 15.6. The fourth-order valence-corrected chi connectivity index (χ4v) is 9.29. The van der Waals surface area contributed by atoms with Crippen LogP contribution in [0.3, 0.4) is 0 Å². The van der Waals surface area contributed by atoms with Crippen molar-refractivity contribution in [2.45, 2.75) is 0 Å². The van der Waals surface area contributed by atoms with Crippen molar-refractivity contribution in [2.24, 2.45) is 0 Å². The van der Waals surface area contributed by atoms with Gasteiger partial charge in [-0.25, -0.2) is 0 Å². The normalized spacial score (nSPS) is 11.6. The molecule has 0 aliphatic carbocycles. The first-order chi connectivity index (χ1) is 30.2. The van der Waals surface area contributed by atoms with Crippen LogP contribution in [0, 0.1) is 0 Å². The first kappa shape index (κ1) is 34.9. The molecule has 0 amide bonds. The van der Waals surface area contributed by atoms with Gasteiger partial charge in [-0.3, -0.25) is 0 Å². The Bertz CT molecular complexity index is 3470. The van der Waals surface area contributed by atoms with Crippen molar-refractivity contribution >= 4 is 71.6 Å². The van der Waals surface area contributed by atoms with E-state index in [-0.39, 0.29) is 0 Å². The molecule has 0 aliphatic rings. The van der Waals surface area contributed by atoms with Gasteiger partial charge in [-0.1, -0.05) is 152 Å². The Morgan fingerprint density at radius 1 is 0.311 bits per heavy atom. The van der Waals surface area contributed by atoms with Crippen molar-refractivity contribution in [1.82, 2.24) is 4.57 Å². The molecule has 0 unspecified atom stereocenters. The van der Waals surface area contributed by atoms with Crippen LogP contribution < -0.4 is 4.90 Å². The second kappa shape index (κ2) is 14.3. The molecule has 0 saturated heterocycles. The number of hydrogen-bond acceptors (Lipinski definition) is 2. The molecule has 12 aromatic rings. The summed E-state index contributed by atoms with van der Waals surface area (Å²) in [6.45, 7) is 0. The van der Waals surface area contributed by atoms with Crippen molar-refractivity contribution in [2.75, 3.05) is 4.90 Å². The molecule has 0 radical (unpaired) electrons. The summed E-state index contributed by atoms with van der Waals surface area (Å²) in [4.78, 5) is 2.38. The van der Waals surface area contributed by atoms with Crippen LogP contribution in [-0.4, -0.2) is 4.57 Å². The summed E-state index contributed by atoms with van der Waals surface area (Å²) >= 11 is 0. The van der Waals surface area contributed by atoms with Crippen LogP contribution in [0.2, 0.25) is 0 Å². The lowest BCUT2D eigenvalue weighted by Gasteiger charge is -2.27. The van der Waals surface area contributed by atoms with Crippen LogP contribution in [0.1, 0.15) is 0 Å². The summed E-state index contributed by atoms with van der Waals surface area (Å²) in [5, 5.41) is 7.02. The fraction of sp³-hybridized carbons (Fsp3) is 0. The van der Waals surface area contributed by atoms with E-state index in [4.69, 9.17) is 4.42 Å². The molecular formula is C58H38N2O. The number of fused-ring (bicyclic) bond motifs is 8. The van der Waals surface area contributed by atoms with Crippen LogP contribution in [0.15, 0.2) is 235 Å². The first-order valence-corrected chi connectivity index (χ1v) is 20.8. The molecule has 0 spiro atoms. The fourth-order valence-electron chi connectivity index (χ4n) is 9.29. The summed E-state index contributed by atoms with van der Waals surface area (Å²) in [6.07, 6.45) is 0. The van der Waals surface area contributed by atoms with E-state index in [1.807, 2.05) is 0 Å². The number of anilines is 3. The Hall–Kier alpha value is -8.14. The van der Waals surface area contributed by atoms with Crippen LogP contribution in [0.4, 0.5) is 17.1 Å². The van der Waals surface area contributed by atoms with E-state index in [0.29, 0.717) is 0 Å². The van der Waals surface area contributed by atoms with Crippen LogP contribution in [0.25, 0.3) is 93.6 Å². The van der Waals surface area contributed by atoms with Gasteiger partial charge in [0, 0.05) is 44.0 Å². The van der Waals surface area contributed by atoms with Gasteiger partial charge in [0.2, 0.25) is 0 Å². The number of furan rings is 1. The zero-order valence-electron chi connectivity index (χ0n) is 33.2. The molecule has 12 rings (SSSR count). The molecule has 0 N–H and O–H groups in total. The van der Waals surface area contributed by atoms with Gasteiger partial charge in [0.25, 0.3) is 0 Å². The lowest BCUT2D eigenvalue weighted by atomic mass is 9.98. The highest BCUT2D eigenvalue weighted by atomic mass is 16.3. The van der Waals surface area contributed by atoms with Crippen molar-refractivity contribution in [3.05, 3.63) is 231 Å². The van der Waals surface area contributed by atoms with E-state index in [9.17, 15) is 0 Å². The van der Waals surface area contributed by atoms with E-state index < -0.39 is 0 Å². The maximum atomic E-state index is 6.71. The summed E-state index contributed by atoms with van der Waals surface area (Å²) in [7, 11) is 0. The van der Waals surface area contributed by atoms with Gasteiger partial charge in [0.15, 0.2) is 0 Å². The maximum absolute atomic E-state index is 6.71. The average Bonchev–Trinajstić information content (AvgIpc) is 3.88. The minimum Gasteiger partial charge on any atom is -0.456 e. The standard InChI is InChI=1S/C58H38N2O/c1-4-13-39(14-5-1)41-23-29-46(30-24-41)59(47-31-25-42(26-32-47)40-15-6-2-7-16-40)53-22-12-20-51-50(53)35-36-56-58(51)52-34-28-44(38-57(52)61-56)43-27-33-49-48-19-10-11-21-54(48)60(55(49)37-43)45-17-8-3-9-18-45/h1-38H. The third-order valence-corrected chi connectivity index (χ3v) is 12.2. The Balaban J connectivity index is 0.985. The summed E-state index contributed by atoms with van der Waals surface area (Å²) < 4.78 is 9.08. The molecule has 10 aromatic carbocycles. The predicted octanol–water partition coefficient (Wildman–Crippen LogP) is 16.3. The number of rotatable bonds is 7. The van der Waals surface area contributed by atoms with Gasteiger partial charge >= 0.3 is 0 Å². The second-order valence-corrected chi connectivity index (χ2v) is 15.7. The molecule has 2 heterocycles. The van der Waals surface area contributed by atoms with Gasteiger partial charge in [-0.15, -0.1) is 0 Å². The van der Waals surface area contributed by atoms with E-state index in [2.05, 4.69) is 240 Å². The topological polar surface area (TPSA) is 21.3 Å². The Morgan fingerprint density at radius 2 is 0.820 bits per heavy atom. The van der Waals surface area contributed by atoms with Gasteiger partial charge in [0.1, 0.15) is 11.2 Å². The third kappa shape index (κ3) is 5.90. The lowest BCUT2D eigenvalue weighted by molar-refractivity contribution is 0.669. The molecule has 0 fully saturated rings.